The Hall–Kier alpha value is -2.12. The highest BCUT2D eigenvalue weighted by Gasteiger charge is 2.61. The van der Waals surface area contributed by atoms with Gasteiger partial charge < -0.3 is 10.1 Å². The third kappa shape index (κ3) is 3.37. The summed E-state index contributed by atoms with van der Waals surface area (Å²) in [5.41, 5.74) is 0.295. The maximum Gasteiger partial charge on any atom is 0.326 e. The number of nitrogens with zero attached hydrogens (tertiary/aromatic N) is 1. The Kier molecular flexibility index (Phi) is 5.05. The van der Waals surface area contributed by atoms with Crippen LogP contribution in [0.5, 0.6) is 0 Å². The summed E-state index contributed by atoms with van der Waals surface area (Å²) >= 11 is 11.8. The molecule has 7 nitrogen and oxygen atoms in total. The molecule has 1 heterocycles. The van der Waals surface area contributed by atoms with Crippen LogP contribution in [0.3, 0.4) is 0 Å². The van der Waals surface area contributed by atoms with Crippen LogP contribution in [0.1, 0.15) is 19.3 Å². The van der Waals surface area contributed by atoms with Crippen molar-refractivity contribution in [3.05, 3.63) is 28.2 Å². The highest BCUT2D eigenvalue weighted by atomic mass is 35.5. The lowest BCUT2D eigenvalue weighted by molar-refractivity contribution is -0.154. The molecule has 9 heteroatoms. The molecule has 1 aliphatic heterocycles. The summed E-state index contributed by atoms with van der Waals surface area (Å²) in [6, 6.07) is 4.57. The van der Waals surface area contributed by atoms with Crippen LogP contribution in [0.25, 0.3) is 0 Å². The fourth-order valence-corrected chi connectivity index (χ4v) is 5.06. The number of carbonyl (C=O) groups is 4. The molecule has 0 aromatic heterocycles. The predicted octanol–water partition coefficient (Wildman–Crippen LogP) is 2.51. The van der Waals surface area contributed by atoms with Gasteiger partial charge in [0, 0.05) is 5.02 Å². The SMILES string of the molecule is O=C(COC(=O)CN1C(=O)[C@@H]2[C@H]3CC[C@@H](C3)[C@H]2C1=O)Nc1cc(Cl)ccc1Cl. The van der Waals surface area contributed by atoms with Crippen molar-refractivity contribution in [1.82, 2.24) is 4.90 Å². The van der Waals surface area contributed by atoms with Crippen molar-refractivity contribution < 1.29 is 23.9 Å². The molecule has 0 unspecified atom stereocenters. The van der Waals surface area contributed by atoms with Crippen LogP contribution in [0, 0.1) is 23.7 Å². The molecule has 3 amide bonds. The number of hydrogen-bond acceptors (Lipinski definition) is 5. The van der Waals surface area contributed by atoms with Gasteiger partial charge in [-0.3, -0.25) is 24.1 Å². The number of nitrogens with one attached hydrogen (secondary N) is 1. The van der Waals surface area contributed by atoms with Crippen LogP contribution in [-0.2, 0) is 23.9 Å². The van der Waals surface area contributed by atoms with Gasteiger partial charge in [-0.25, -0.2) is 0 Å². The summed E-state index contributed by atoms with van der Waals surface area (Å²) in [6.45, 7) is -1.02. The van der Waals surface area contributed by atoms with Gasteiger partial charge in [0.1, 0.15) is 6.54 Å². The van der Waals surface area contributed by atoms with E-state index in [1.165, 1.54) is 12.1 Å². The first-order chi connectivity index (χ1) is 13.3. The molecule has 0 radical (unpaired) electrons. The number of esters is 1. The molecule has 2 bridgehead atoms. The minimum Gasteiger partial charge on any atom is -0.454 e. The van der Waals surface area contributed by atoms with Gasteiger partial charge in [-0.1, -0.05) is 23.2 Å². The molecule has 1 aromatic carbocycles. The summed E-state index contributed by atoms with van der Waals surface area (Å²) in [6.07, 6.45) is 2.86. The van der Waals surface area contributed by atoms with Gasteiger partial charge in [0.15, 0.2) is 6.61 Å². The van der Waals surface area contributed by atoms with Crippen LogP contribution in [0.4, 0.5) is 5.69 Å². The van der Waals surface area contributed by atoms with Crippen molar-refractivity contribution >= 4 is 52.6 Å². The Balaban J connectivity index is 1.30. The Labute approximate surface area is 171 Å². The second kappa shape index (κ2) is 7.37. The smallest absolute Gasteiger partial charge is 0.326 e. The van der Waals surface area contributed by atoms with Gasteiger partial charge >= 0.3 is 5.97 Å². The average Bonchev–Trinajstić information content (AvgIpc) is 3.33. The Morgan fingerprint density at radius 2 is 1.75 bits per heavy atom. The van der Waals surface area contributed by atoms with E-state index in [2.05, 4.69) is 5.32 Å². The normalized spacial score (nSPS) is 27.9. The molecule has 1 saturated heterocycles. The number of fused-ring (bicyclic) bond motifs is 5. The van der Waals surface area contributed by atoms with Crippen molar-refractivity contribution in [2.75, 3.05) is 18.5 Å². The average molecular weight is 425 g/mol. The fraction of sp³-hybridized carbons (Fsp3) is 0.474. The van der Waals surface area contributed by atoms with Gasteiger partial charge in [-0.05, 0) is 49.3 Å². The zero-order valence-corrected chi connectivity index (χ0v) is 16.3. The van der Waals surface area contributed by atoms with Gasteiger partial charge in [0.25, 0.3) is 5.91 Å². The van der Waals surface area contributed by atoms with Gasteiger partial charge in [0.2, 0.25) is 11.8 Å². The Morgan fingerprint density at radius 3 is 2.39 bits per heavy atom. The monoisotopic (exact) mass is 424 g/mol. The van der Waals surface area contributed by atoms with Gasteiger partial charge in [-0.15, -0.1) is 0 Å². The van der Waals surface area contributed by atoms with Crippen molar-refractivity contribution in [3.63, 3.8) is 0 Å². The van der Waals surface area contributed by atoms with E-state index in [1.807, 2.05) is 0 Å². The van der Waals surface area contributed by atoms with Crippen LogP contribution < -0.4 is 5.32 Å². The highest BCUT2D eigenvalue weighted by molar-refractivity contribution is 6.35. The first kappa shape index (κ1) is 19.2. The van der Waals surface area contributed by atoms with Gasteiger partial charge in [0.05, 0.1) is 22.5 Å². The van der Waals surface area contributed by atoms with Crippen molar-refractivity contribution in [3.8, 4) is 0 Å². The number of benzene rings is 1. The topological polar surface area (TPSA) is 92.8 Å². The molecular weight excluding hydrogens is 407 g/mol. The van der Waals surface area contributed by atoms with Gasteiger partial charge in [-0.2, -0.15) is 0 Å². The largest absolute Gasteiger partial charge is 0.454 e. The number of ether oxygens (including phenoxy) is 1. The molecule has 148 valence electrons. The highest BCUT2D eigenvalue weighted by Crippen LogP contribution is 2.56. The van der Waals surface area contributed by atoms with E-state index < -0.39 is 25.0 Å². The molecule has 2 aliphatic carbocycles. The molecule has 0 spiro atoms. The molecule has 28 heavy (non-hydrogen) atoms. The van der Waals surface area contributed by atoms with Crippen LogP contribution in [0.15, 0.2) is 18.2 Å². The quantitative estimate of drug-likeness (QED) is 0.578. The summed E-state index contributed by atoms with van der Waals surface area (Å²) in [5.74, 6) is -2.04. The van der Waals surface area contributed by atoms with E-state index in [-0.39, 0.29) is 35.5 Å². The first-order valence-electron chi connectivity index (χ1n) is 9.11. The van der Waals surface area contributed by atoms with E-state index in [0.717, 1.165) is 24.2 Å². The zero-order valence-electron chi connectivity index (χ0n) is 14.8. The number of imide groups is 1. The lowest BCUT2D eigenvalue weighted by Gasteiger charge is -2.19. The second-order valence-electron chi connectivity index (χ2n) is 7.48. The summed E-state index contributed by atoms with van der Waals surface area (Å²) in [4.78, 5) is 50.2. The van der Waals surface area contributed by atoms with E-state index in [9.17, 15) is 19.2 Å². The first-order valence-corrected chi connectivity index (χ1v) is 9.86. The molecule has 4 atom stereocenters. The molecule has 3 aliphatic rings. The standard InChI is InChI=1S/C19H18Cl2N2O5/c20-11-3-4-12(21)13(6-11)22-14(24)8-28-15(25)7-23-18(26)16-9-1-2-10(5-9)17(16)19(23)27/h3-4,6,9-10,16-17H,1-2,5,7-8H2,(H,22,24)/t9-,10-,16+,17+/m0/s1. The predicted molar refractivity (Wildman–Crippen MR) is 101 cm³/mol. The van der Waals surface area contributed by atoms with Crippen molar-refractivity contribution in [2.45, 2.75) is 19.3 Å². The fourth-order valence-electron chi connectivity index (χ4n) is 4.73. The maximum atomic E-state index is 12.6. The van der Waals surface area contributed by atoms with Crippen LogP contribution in [0.2, 0.25) is 10.0 Å². The summed E-state index contributed by atoms with van der Waals surface area (Å²) < 4.78 is 4.92. The number of anilines is 1. The van der Waals surface area contributed by atoms with Crippen LogP contribution in [-0.4, -0.2) is 41.7 Å². The number of rotatable bonds is 5. The van der Waals surface area contributed by atoms with Crippen LogP contribution >= 0.6 is 23.2 Å². The lowest BCUT2D eigenvalue weighted by atomic mass is 9.81. The molecule has 2 saturated carbocycles. The third-order valence-electron chi connectivity index (χ3n) is 5.87. The minimum atomic E-state index is -0.804. The van der Waals surface area contributed by atoms with Crippen molar-refractivity contribution in [1.29, 1.82) is 0 Å². The number of halogens is 2. The summed E-state index contributed by atoms with van der Waals surface area (Å²) in [5, 5.41) is 3.17. The molecule has 1 aromatic rings. The second-order valence-corrected chi connectivity index (χ2v) is 8.32. The molecule has 3 fully saturated rings. The number of hydrogen-bond donors (Lipinski definition) is 1. The third-order valence-corrected chi connectivity index (χ3v) is 6.44. The molecular formula is C19H18Cl2N2O5. The molecule has 4 rings (SSSR count). The molecule has 1 N–H and O–H groups in total. The van der Waals surface area contributed by atoms with E-state index in [1.54, 1.807) is 6.07 Å². The van der Waals surface area contributed by atoms with E-state index in [4.69, 9.17) is 27.9 Å². The lowest BCUT2D eigenvalue weighted by Crippen LogP contribution is -2.38. The van der Waals surface area contributed by atoms with E-state index >= 15 is 0 Å². The van der Waals surface area contributed by atoms with Crippen molar-refractivity contribution in [2.24, 2.45) is 23.7 Å². The Morgan fingerprint density at radius 1 is 1.11 bits per heavy atom. The Bertz CT molecular complexity index is 846. The number of carbonyl (C=O) groups excluding carboxylic acids is 4. The number of amides is 3. The summed E-state index contributed by atoms with van der Waals surface area (Å²) in [7, 11) is 0. The zero-order chi connectivity index (χ0) is 20.0. The minimum absolute atomic E-state index is 0.251. The van der Waals surface area contributed by atoms with E-state index in [0.29, 0.717) is 15.7 Å². The number of likely N-dealkylation sites (tertiary alicyclic amines) is 1. The maximum absolute atomic E-state index is 12.6.